The zero-order valence-corrected chi connectivity index (χ0v) is 10.9. The van der Waals surface area contributed by atoms with Crippen molar-refractivity contribution in [3.63, 3.8) is 0 Å². The molecule has 3 heteroatoms. The molecule has 2 aliphatic heterocycles. The van der Waals surface area contributed by atoms with E-state index >= 15 is 0 Å². The van der Waals surface area contributed by atoms with Gasteiger partial charge in [0.2, 0.25) is 0 Å². The highest BCUT2D eigenvalue weighted by Crippen LogP contribution is 2.38. The molecule has 2 saturated heterocycles. The van der Waals surface area contributed by atoms with Crippen LogP contribution in [0.3, 0.4) is 0 Å². The average Bonchev–Trinajstić information content (AvgIpc) is 2.87. The Labute approximate surface area is 104 Å². The maximum atomic E-state index is 5.97. The van der Waals surface area contributed by atoms with Crippen LogP contribution in [0.5, 0.6) is 0 Å². The van der Waals surface area contributed by atoms with Gasteiger partial charge in [0, 0.05) is 31.7 Å². The zero-order chi connectivity index (χ0) is 11.7. The molecule has 1 saturated carbocycles. The molecule has 0 aromatic heterocycles. The van der Waals surface area contributed by atoms with Gasteiger partial charge in [-0.1, -0.05) is 13.3 Å². The van der Waals surface area contributed by atoms with Gasteiger partial charge in [-0.25, -0.2) is 0 Å². The molecule has 0 amide bonds. The van der Waals surface area contributed by atoms with Gasteiger partial charge in [-0.2, -0.15) is 0 Å². The minimum absolute atomic E-state index is 0.0606. The lowest BCUT2D eigenvalue weighted by atomic mass is 9.89. The third-order valence-corrected chi connectivity index (χ3v) is 4.59. The molecule has 0 bridgehead atoms. The summed E-state index contributed by atoms with van der Waals surface area (Å²) in [4.78, 5) is 0. The van der Waals surface area contributed by atoms with Gasteiger partial charge in [-0.05, 0) is 31.6 Å². The number of hydrogen-bond acceptors (Lipinski definition) is 3. The lowest BCUT2D eigenvalue weighted by Crippen LogP contribution is -2.48. The van der Waals surface area contributed by atoms with Crippen molar-refractivity contribution in [2.45, 2.75) is 63.1 Å². The second kappa shape index (κ2) is 4.87. The number of hydrogen-bond donors (Lipinski definition) is 1. The second-order valence-corrected chi connectivity index (χ2v) is 6.08. The minimum Gasteiger partial charge on any atom is -0.378 e. The molecule has 0 aromatic carbocycles. The van der Waals surface area contributed by atoms with Crippen LogP contribution in [0.1, 0.15) is 45.4 Å². The van der Waals surface area contributed by atoms with Crippen molar-refractivity contribution < 1.29 is 9.47 Å². The molecule has 1 spiro atoms. The lowest BCUT2D eigenvalue weighted by molar-refractivity contribution is -0.0895. The summed E-state index contributed by atoms with van der Waals surface area (Å²) in [6, 6.07) is 1.47. The molecule has 17 heavy (non-hydrogen) atoms. The minimum atomic E-state index is 0.0606. The Kier molecular flexibility index (Phi) is 3.42. The van der Waals surface area contributed by atoms with Crippen molar-refractivity contribution in [1.29, 1.82) is 0 Å². The van der Waals surface area contributed by atoms with Crippen molar-refractivity contribution in [2.24, 2.45) is 5.92 Å². The fourth-order valence-corrected chi connectivity index (χ4v) is 3.48. The van der Waals surface area contributed by atoms with Crippen LogP contribution in [-0.4, -0.2) is 37.5 Å². The van der Waals surface area contributed by atoms with Crippen LogP contribution in [0, 0.1) is 5.92 Å². The summed E-state index contributed by atoms with van der Waals surface area (Å²) in [5.74, 6) is 0.957. The largest absolute Gasteiger partial charge is 0.378 e. The maximum Gasteiger partial charge on any atom is 0.0951 e. The number of rotatable bonds is 4. The Bertz CT molecular complexity index is 263. The van der Waals surface area contributed by atoms with Crippen molar-refractivity contribution in [3.05, 3.63) is 0 Å². The quantitative estimate of drug-likeness (QED) is 0.815. The van der Waals surface area contributed by atoms with Gasteiger partial charge in [0.1, 0.15) is 0 Å². The Balaban J connectivity index is 1.48. The maximum absolute atomic E-state index is 5.97. The Morgan fingerprint density at radius 2 is 2.29 bits per heavy atom. The molecule has 3 aliphatic rings. The molecule has 4 unspecified atom stereocenters. The van der Waals surface area contributed by atoms with Gasteiger partial charge in [0.05, 0.1) is 12.2 Å². The lowest BCUT2D eigenvalue weighted by Gasteiger charge is -2.37. The highest BCUT2D eigenvalue weighted by atomic mass is 16.6. The fraction of sp³-hybridized carbons (Fsp3) is 1.00. The molecule has 0 aromatic rings. The van der Waals surface area contributed by atoms with Gasteiger partial charge in [-0.3, -0.25) is 0 Å². The highest BCUT2D eigenvalue weighted by Gasteiger charge is 2.44. The molecule has 3 nitrogen and oxygen atoms in total. The van der Waals surface area contributed by atoms with Gasteiger partial charge < -0.3 is 14.8 Å². The Hall–Kier alpha value is -0.120. The van der Waals surface area contributed by atoms with Crippen LogP contribution in [0.15, 0.2) is 0 Å². The average molecular weight is 239 g/mol. The molecule has 98 valence electrons. The van der Waals surface area contributed by atoms with E-state index in [9.17, 15) is 0 Å². The predicted molar refractivity (Wildman–Crippen MR) is 67.1 cm³/mol. The molecular formula is C14H25NO2. The summed E-state index contributed by atoms with van der Waals surface area (Å²) in [6.45, 7) is 4.89. The van der Waals surface area contributed by atoms with E-state index in [4.69, 9.17) is 9.47 Å². The van der Waals surface area contributed by atoms with Crippen molar-refractivity contribution in [2.75, 3.05) is 19.8 Å². The monoisotopic (exact) mass is 239 g/mol. The first-order chi connectivity index (χ1) is 8.31. The topological polar surface area (TPSA) is 30.5 Å². The Morgan fingerprint density at radius 3 is 3.06 bits per heavy atom. The van der Waals surface area contributed by atoms with Gasteiger partial charge in [0.25, 0.3) is 0 Å². The van der Waals surface area contributed by atoms with Crippen LogP contribution >= 0.6 is 0 Å². The van der Waals surface area contributed by atoms with Crippen LogP contribution in [0.25, 0.3) is 0 Å². The highest BCUT2D eigenvalue weighted by molar-refractivity contribution is 4.98. The first-order valence-electron chi connectivity index (χ1n) is 7.29. The summed E-state index contributed by atoms with van der Waals surface area (Å²) in [5, 5.41) is 3.84. The molecule has 3 rings (SSSR count). The molecular weight excluding hydrogens is 214 g/mol. The Morgan fingerprint density at radius 1 is 1.35 bits per heavy atom. The normalized spacial score (nSPS) is 45.4. The van der Waals surface area contributed by atoms with E-state index < -0.39 is 0 Å². The van der Waals surface area contributed by atoms with Crippen LogP contribution in [0.4, 0.5) is 0 Å². The summed E-state index contributed by atoms with van der Waals surface area (Å²) in [6.07, 6.45) is 7.55. The van der Waals surface area contributed by atoms with E-state index in [-0.39, 0.29) is 5.60 Å². The predicted octanol–water partition coefficient (Wildman–Crippen LogP) is 2.10. The first-order valence-corrected chi connectivity index (χ1v) is 7.29. The van der Waals surface area contributed by atoms with Gasteiger partial charge >= 0.3 is 0 Å². The molecule has 4 atom stereocenters. The second-order valence-electron chi connectivity index (χ2n) is 6.08. The molecule has 1 N–H and O–H groups in total. The van der Waals surface area contributed by atoms with Crippen molar-refractivity contribution in [3.8, 4) is 0 Å². The summed E-state index contributed by atoms with van der Waals surface area (Å²) in [7, 11) is 0. The molecule has 0 radical (unpaired) electrons. The van der Waals surface area contributed by atoms with Crippen molar-refractivity contribution in [1.82, 2.24) is 5.32 Å². The summed E-state index contributed by atoms with van der Waals surface area (Å²) in [5.41, 5.74) is 0.0606. The van der Waals surface area contributed by atoms with E-state index in [1.807, 2.05) is 0 Å². The van der Waals surface area contributed by atoms with E-state index in [1.165, 1.54) is 25.7 Å². The standard InChI is InChI=1S/C14H25NO2/c1-2-3-11-8-13(11)15-12-4-6-17-14(9-12)5-7-16-10-14/h11-13,15H,2-10H2,1H3. The summed E-state index contributed by atoms with van der Waals surface area (Å²) >= 11 is 0. The molecule has 2 heterocycles. The number of ether oxygens (including phenoxy) is 2. The first kappa shape index (κ1) is 11.9. The third kappa shape index (κ3) is 2.67. The van der Waals surface area contributed by atoms with E-state index in [0.717, 1.165) is 44.6 Å². The number of nitrogens with one attached hydrogen (secondary N) is 1. The zero-order valence-electron chi connectivity index (χ0n) is 10.9. The van der Waals surface area contributed by atoms with Crippen LogP contribution in [-0.2, 0) is 9.47 Å². The third-order valence-electron chi connectivity index (χ3n) is 4.59. The van der Waals surface area contributed by atoms with Crippen LogP contribution < -0.4 is 5.32 Å². The molecule has 1 aliphatic carbocycles. The van der Waals surface area contributed by atoms with Crippen molar-refractivity contribution >= 4 is 0 Å². The molecule has 3 fully saturated rings. The van der Waals surface area contributed by atoms with E-state index in [0.29, 0.717) is 6.04 Å². The van der Waals surface area contributed by atoms with Gasteiger partial charge in [0.15, 0.2) is 0 Å². The van der Waals surface area contributed by atoms with E-state index in [1.54, 1.807) is 0 Å². The summed E-state index contributed by atoms with van der Waals surface area (Å²) < 4.78 is 11.5. The fourth-order valence-electron chi connectivity index (χ4n) is 3.48. The van der Waals surface area contributed by atoms with E-state index in [2.05, 4.69) is 12.2 Å². The smallest absolute Gasteiger partial charge is 0.0951 e. The SMILES string of the molecule is CCCC1CC1NC1CCOC2(CCOC2)C1. The van der Waals surface area contributed by atoms with Crippen LogP contribution in [0.2, 0.25) is 0 Å². The van der Waals surface area contributed by atoms with Gasteiger partial charge in [-0.15, -0.1) is 0 Å².